The number of hydrogen-bond acceptors (Lipinski definition) is 2. The molecule has 0 bridgehead atoms. The standard InChI is InChI=1S/C18H18Cl3N3O/c19-13-2-1-3-15(10-13)24-8-6-23(7-9-24)12-18(25)22-14-4-5-16(20)17(21)11-14/h1-5,10-11H,6-9,12H2,(H,22,25)/p+1. The number of nitrogens with one attached hydrogen (secondary N) is 2. The maximum Gasteiger partial charge on any atom is 0.279 e. The van der Waals surface area contributed by atoms with Gasteiger partial charge in [0.15, 0.2) is 6.54 Å². The van der Waals surface area contributed by atoms with E-state index < -0.39 is 0 Å². The quantitative estimate of drug-likeness (QED) is 0.829. The van der Waals surface area contributed by atoms with Crippen LogP contribution in [0.5, 0.6) is 0 Å². The lowest BCUT2D eigenvalue weighted by Crippen LogP contribution is -3.15. The van der Waals surface area contributed by atoms with Gasteiger partial charge in [-0.1, -0.05) is 40.9 Å². The molecule has 1 fully saturated rings. The summed E-state index contributed by atoms with van der Waals surface area (Å²) in [5.41, 5.74) is 1.79. The maximum atomic E-state index is 12.2. The molecule has 1 aliphatic rings. The molecular weight excluding hydrogens is 381 g/mol. The van der Waals surface area contributed by atoms with Gasteiger partial charge in [0.05, 0.1) is 36.2 Å². The molecule has 2 aromatic carbocycles. The molecule has 132 valence electrons. The number of nitrogens with zero attached hydrogens (tertiary/aromatic N) is 1. The van der Waals surface area contributed by atoms with Crippen molar-refractivity contribution in [1.29, 1.82) is 0 Å². The Morgan fingerprint density at radius 2 is 1.80 bits per heavy atom. The summed E-state index contributed by atoms with van der Waals surface area (Å²) < 4.78 is 0. The summed E-state index contributed by atoms with van der Waals surface area (Å²) in [6, 6.07) is 13.0. The van der Waals surface area contributed by atoms with Crippen molar-refractivity contribution in [3.8, 4) is 0 Å². The second-order valence-corrected chi connectivity index (χ2v) is 7.32. The molecule has 0 radical (unpaired) electrons. The monoisotopic (exact) mass is 398 g/mol. The first-order chi connectivity index (χ1) is 12.0. The molecule has 0 aromatic heterocycles. The van der Waals surface area contributed by atoms with Crippen LogP contribution < -0.4 is 15.1 Å². The summed E-state index contributed by atoms with van der Waals surface area (Å²) in [5, 5.41) is 4.52. The van der Waals surface area contributed by atoms with Crippen LogP contribution in [0.25, 0.3) is 0 Å². The van der Waals surface area contributed by atoms with Crippen molar-refractivity contribution in [3.63, 3.8) is 0 Å². The smallest absolute Gasteiger partial charge is 0.279 e. The van der Waals surface area contributed by atoms with Crippen LogP contribution >= 0.6 is 34.8 Å². The van der Waals surface area contributed by atoms with Crippen LogP contribution in [0.4, 0.5) is 11.4 Å². The third kappa shape index (κ3) is 5.02. The van der Waals surface area contributed by atoms with E-state index in [0.29, 0.717) is 22.3 Å². The average molecular weight is 400 g/mol. The first kappa shape index (κ1) is 18.3. The molecule has 0 atom stereocenters. The summed E-state index contributed by atoms with van der Waals surface area (Å²) in [6.45, 7) is 4.04. The van der Waals surface area contributed by atoms with Gasteiger partial charge in [-0.25, -0.2) is 0 Å². The predicted octanol–water partition coefficient (Wildman–Crippen LogP) is 2.99. The van der Waals surface area contributed by atoms with Gasteiger partial charge in [0.1, 0.15) is 0 Å². The highest BCUT2D eigenvalue weighted by atomic mass is 35.5. The summed E-state index contributed by atoms with van der Waals surface area (Å²) >= 11 is 17.9. The van der Waals surface area contributed by atoms with Gasteiger partial charge in [0, 0.05) is 16.4 Å². The van der Waals surface area contributed by atoms with Crippen LogP contribution in [0.15, 0.2) is 42.5 Å². The molecule has 0 saturated carbocycles. The minimum absolute atomic E-state index is 0.0235. The van der Waals surface area contributed by atoms with Crippen LogP contribution in [0.2, 0.25) is 15.1 Å². The van der Waals surface area contributed by atoms with Crippen molar-refractivity contribution in [2.24, 2.45) is 0 Å². The SMILES string of the molecule is O=C(C[NH+]1CCN(c2cccc(Cl)c2)CC1)Nc1ccc(Cl)c(Cl)c1. The lowest BCUT2D eigenvalue weighted by molar-refractivity contribution is -0.892. The number of quaternary nitrogens is 1. The second kappa shape index (κ2) is 8.28. The first-order valence-corrected chi connectivity index (χ1v) is 9.23. The molecule has 25 heavy (non-hydrogen) atoms. The largest absolute Gasteiger partial charge is 0.360 e. The van der Waals surface area contributed by atoms with Crippen molar-refractivity contribution in [1.82, 2.24) is 0 Å². The maximum absolute atomic E-state index is 12.2. The van der Waals surface area contributed by atoms with E-state index in [1.54, 1.807) is 18.2 Å². The van der Waals surface area contributed by atoms with Gasteiger partial charge >= 0.3 is 0 Å². The number of hydrogen-bond donors (Lipinski definition) is 2. The van der Waals surface area contributed by atoms with Gasteiger partial charge in [-0.15, -0.1) is 0 Å². The highest BCUT2D eigenvalue weighted by Gasteiger charge is 2.22. The second-order valence-electron chi connectivity index (χ2n) is 6.07. The lowest BCUT2D eigenvalue weighted by atomic mass is 10.2. The van der Waals surface area contributed by atoms with E-state index in [2.05, 4.69) is 16.3 Å². The fourth-order valence-electron chi connectivity index (χ4n) is 2.94. The summed E-state index contributed by atoms with van der Waals surface area (Å²) in [4.78, 5) is 15.8. The molecule has 2 N–H and O–H groups in total. The lowest BCUT2D eigenvalue weighted by Gasteiger charge is -2.33. The van der Waals surface area contributed by atoms with E-state index in [0.717, 1.165) is 36.9 Å². The van der Waals surface area contributed by atoms with E-state index in [9.17, 15) is 4.79 Å². The molecule has 0 unspecified atom stereocenters. The third-order valence-corrected chi connectivity index (χ3v) is 5.23. The van der Waals surface area contributed by atoms with E-state index in [-0.39, 0.29) is 5.91 Å². The number of anilines is 2. The van der Waals surface area contributed by atoms with Crippen molar-refractivity contribution < 1.29 is 9.69 Å². The zero-order chi connectivity index (χ0) is 17.8. The Bertz CT molecular complexity index is 761. The molecule has 7 heteroatoms. The topological polar surface area (TPSA) is 36.8 Å². The zero-order valence-corrected chi connectivity index (χ0v) is 15.8. The molecule has 1 heterocycles. The number of piperazine rings is 1. The zero-order valence-electron chi connectivity index (χ0n) is 13.6. The molecule has 2 aromatic rings. The molecular formula is C18H19Cl3N3O+. The molecule has 1 amide bonds. The number of benzene rings is 2. The van der Waals surface area contributed by atoms with E-state index in [1.807, 2.05) is 18.2 Å². The Kier molecular flexibility index (Phi) is 6.07. The fraction of sp³-hybridized carbons (Fsp3) is 0.278. The van der Waals surface area contributed by atoms with Gasteiger partial charge in [-0.05, 0) is 36.4 Å². The van der Waals surface area contributed by atoms with E-state index in [4.69, 9.17) is 34.8 Å². The molecule has 0 spiro atoms. The van der Waals surface area contributed by atoms with E-state index >= 15 is 0 Å². The Hall–Kier alpha value is -1.46. The van der Waals surface area contributed by atoms with Crippen LogP contribution in [0.3, 0.4) is 0 Å². The highest BCUT2D eigenvalue weighted by molar-refractivity contribution is 6.42. The summed E-state index contributed by atoms with van der Waals surface area (Å²) in [7, 11) is 0. The van der Waals surface area contributed by atoms with Gasteiger partial charge in [-0.3, -0.25) is 4.79 Å². The average Bonchev–Trinajstić information content (AvgIpc) is 2.59. The summed E-state index contributed by atoms with van der Waals surface area (Å²) in [5.74, 6) is -0.0235. The van der Waals surface area contributed by atoms with Crippen molar-refractivity contribution >= 4 is 52.1 Å². The van der Waals surface area contributed by atoms with E-state index in [1.165, 1.54) is 4.90 Å². The third-order valence-electron chi connectivity index (χ3n) is 4.26. The Morgan fingerprint density at radius 1 is 1.04 bits per heavy atom. The summed E-state index contributed by atoms with van der Waals surface area (Å²) in [6.07, 6.45) is 0. The molecule has 1 aliphatic heterocycles. The van der Waals surface area contributed by atoms with Crippen molar-refractivity contribution in [3.05, 3.63) is 57.5 Å². The molecule has 1 saturated heterocycles. The Labute approximate surface area is 162 Å². The number of halogens is 3. The minimum Gasteiger partial charge on any atom is -0.360 e. The normalized spacial score (nSPS) is 15.2. The van der Waals surface area contributed by atoms with Crippen LogP contribution in [0, 0.1) is 0 Å². The molecule has 0 aliphatic carbocycles. The van der Waals surface area contributed by atoms with Gasteiger partial charge in [0.2, 0.25) is 0 Å². The Balaban J connectivity index is 1.50. The fourth-order valence-corrected chi connectivity index (χ4v) is 3.42. The first-order valence-electron chi connectivity index (χ1n) is 8.10. The molecule has 4 nitrogen and oxygen atoms in total. The number of amides is 1. The van der Waals surface area contributed by atoms with Gasteiger partial charge in [-0.2, -0.15) is 0 Å². The minimum atomic E-state index is -0.0235. The number of carbonyl (C=O) groups excluding carboxylic acids is 1. The van der Waals surface area contributed by atoms with Crippen LogP contribution in [-0.4, -0.2) is 38.6 Å². The van der Waals surface area contributed by atoms with Crippen LogP contribution in [0.1, 0.15) is 0 Å². The van der Waals surface area contributed by atoms with Crippen molar-refractivity contribution in [2.75, 3.05) is 42.9 Å². The Morgan fingerprint density at radius 3 is 2.48 bits per heavy atom. The number of carbonyl (C=O) groups is 1. The van der Waals surface area contributed by atoms with Crippen LogP contribution in [-0.2, 0) is 4.79 Å². The van der Waals surface area contributed by atoms with Gasteiger partial charge < -0.3 is 15.1 Å². The van der Waals surface area contributed by atoms with Gasteiger partial charge in [0.25, 0.3) is 5.91 Å². The predicted molar refractivity (Wildman–Crippen MR) is 104 cm³/mol. The highest BCUT2D eigenvalue weighted by Crippen LogP contribution is 2.24. The van der Waals surface area contributed by atoms with Crippen molar-refractivity contribution in [2.45, 2.75) is 0 Å². The number of rotatable bonds is 4. The molecule has 3 rings (SSSR count).